The van der Waals surface area contributed by atoms with E-state index < -0.39 is 0 Å². The Kier molecular flexibility index (Phi) is 6.30. The molecule has 0 amide bonds. The largest absolute Gasteiger partial charge is 0.310 e. The lowest BCUT2D eigenvalue weighted by atomic mass is 9.81. The molecule has 2 heteroatoms. The van der Waals surface area contributed by atoms with Crippen LogP contribution in [0.25, 0.3) is 55.1 Å². The lowest BCUT2D eigenvalue weighted by Gasteiger charge is -2.28. The fourth-order valence-corrected chi connectivity index (χ4v) is 8.73. The second-order valence-corrected chi connectivity index (χ2v) is 15.3. The summed E-state index contributed by atoms with van der Waals surface area (Å²) in [5, 5.41) is 5.01. The van der Waals surface area contributed by atoms with Crippen molar-refractivity contribution in [2.24, 2.45) is 0 Å². The van der Waals surface area contributed by atoms with E-state index >= 15 is 0 Å². The predicted octanol–water partition coefficient (Wildman–Crippen LogP) is 13.1. The van der Waals surface area contributed by atoms with E-state index in [4.69, 9.17) is 4.98 Å². The molecule has 0 unspecified atom stereocenters. The van der Waals surface area contributed by atoms with Gasteiger partial charge in [-0.15, -0.1) is 0 Å². The number of anilines is 3. The quantitative estimate of drug-likeness (QED) is 0.188. The molecule has 2 nitrogen and oxygen atoms in total. The van der Waals surface area contributed by atoms with Gasteiger partial charge in [0.1, 0.15) is 0 Å². The van der Waals surface area contributed by atoms with E-state index in [0.29, 0.717) is 0 Å². The Balaban J connectivity index is 1.07. The highest BCUT2D eigenvalue weighted by Gasteiger charge is 2.43. The average molecular weight is 655 g/mol. The minimum atomic E-state index is -0.265. The standard InChI is InChI=1S/C49H38N2/c1-48(2)43-28-36(35-19-18-31-12-8-10-14-33(31)26-35)21-24-41(43)46-45(48)30-42-40-25-23-39(29-44(40)49(3,4)47(42)50-46)51(37-16-6-5-7-17-37)38-22-20-32-13-9-11-15-34(32)27-38/h5-30H,1-4H3. The summed E-state index contributed by atoms with van der Waals surface area (Å²) in [4.78, 5) is 7.97. The van der Waals surface area contributed by atoms with E-state index in [1.54, 1.807) is 0 Å². The van der Waals surface area contributed by atoms with Crippen LogP contribution in [0, 0.1) is 0 Å². The number of hydrogen-bond donors (Lipinski definition) is 0. The number of aromatic nitrogens is 1. The molecule has 0 N–H and O–H groups in total. The fourth-order valence-electron chi connectivity index (χ4n) is 8.73. The molecule has 244 valence electrons. The first-order chi connectivity index (χ1) is 24.8. The Bertz CT molecular complexity index is 2700. The number of hydrogen-bond acceptors (Lipinski definition) is 2. The van der Waals surface area contributed by atoms with Gasteiger partial charge in [-0.25, -0.2) is 0 Å². The summed E-state index contributed by atoms with van der Waals surface area (Å²) >= 11 is 0. The Morgan fingerprint density at radius 3 is 1.73 bits per heavy atom. The van der Waals surface area contributed by atoms with Crippen molar-refractivity contribution in [3.8, 4) is 33.5 Å². The zero-order valence-electron chi connectivity index (χ0n) is 29.4. The van der Waals surface area contributed by atoms with E-state index in [2.05, 4.69) is 190 Å². The second kappa shape index (κ2) is 10.8. The van der Waals surface area contributed by atoms with Gasteiger partial charge in [-0.2, -0.15) is 0 Å². The molecule has 8 aromatic rings. The summed E-state index contributed by atoms with van der Waals surface area (Å²) in [5.74, 6) is 0. The van der Waals surface area contributed by atoms with Gasteiger partial charge in [0, 0.05) is 39.0 Å². The topological polar surface area (TPSA) is 16.1 Å². The minimum absolute atomic E-state index is 0.174. The average Bonchev–Trinajstić information content (AvgIpc) is 3.52. The number of para-hydroxylation sites is 1. The normalized spacial score (nSPS) is 14.6. The van der Waals surface area contributed by atoms with Crippen molar-refractivity contribution in [1.29, 1.82) is 0 Å². The zero-order chi connectivity index (χ0) is 34.5. The molecule has 0 saturated carbocycles. The molecule has 1 heterocycles. The highest BCUT2D eigenvalue weighted by molar-refractivity contribution is 5.93. The molecule has 7 aromatic carbocycles. The molecule has 1 aromatic heterocycles. The van der Waals surface area contributed by atoms with Crippen LogP contribution in [0.15, 0.2) is 158 Å². The van der Waals surface area contributed by atoms with Gasteiger partial charge in [-0.05, 0) is 110 Å². The van der Waals surface area contributed by atoms with Crippen LogP contribution in [0.5, 0.6) is 0 Å². The lowest BCUT2D eigenvalue weighted by molar-refractivity contribution is 0.631. The monoisotopic (exact) mass is 654 g/mol. The lowest BCUT2D eigenvalue weighted by Crippen LogP contribution is -2.19. The Morgan fingerprint density at radius 2 is 0.961 bits per heavy atom. The van der Waals surface area contributed by atoms with Crippen molar-refractivity contribution in [3.05, 3.63) is 180 Å². The number of pyridine rings is 1. The SMILES string of the molecule is CC1(C)c2cc(-c3ccc4ccccc4c3)ccc2-c2nc3c(cc21)-c1ccc(N(c2ccccc2)c2ccc4ccccc4c2)cc1C3(C)C. The maximum atomic E-state index is 5.59. The molecular weight excluding hydrogens is 617 g/mol. The van der Waals surface area contributed by atoms with Crippen molar-refractivity contribution in [2.75, 3.05) is 4.90 Å². The molecule has 0 radical (unpaired) electrons. The van der Waals surface area contributed by atoms with Gasteiger partial charge < -0.3 is 4.90 Å². The molecule has 0 saturated heterocycles. The van der Waals surface area contributed by atoms with E-state index in [9.17, 15) is 0 Å². The number of fused-ring (bicyclic) bond motifs is 8. The molecule has 51 heavy (non-hydrogen) atoms. The van der Waals surface area contributed by atoms with Crippen LogP contribution in [0.3, 0.4) is 0 Å². The van der Waals surface area contributed by atoms with Gasteiger partial charge in [0.2, 0.25) is 0 Å². The van der Waals surface area contributed by atoms with Crippen molar-refractivity contribution in [1.82, 2.24) is 4.98 Å². The van der Waals surface area contributed by atoms with Crippen LogP contribution in [-0.4, -0.2) is 4.98 Å². The molecule has 0 atom stereocenters. The van der Waals surface area contributed by atoms with Gasteiger partial charge in [0.05, 0.1) is 11.4 Å². The second-order valence-electron chi connectivity index (χ2n) is 15.3. The Labute approximate surface area is 299 Å². The third-order valence-corrected chi connectivity index (χ3v) is 11.5. The molecule has 0 spiro atoms. The summed E-state index contributed by atoms with van der Waals surface area (Å²) in [5.41, 5.74) is 15.5. The van der Waals surface area contributed by atoms with Crippen molar-refractivity contribution >= 4 is 38.6 Å². The third kappa shape index (κ3) is 4.46. The van der Waals surface area contributed by atoms with E-state index in [1.807, 2.05) is 0 Å². The van der Waals surface area contributed by atoms with Crippen LogP contribution in [0.4, 0.5) is 17.1 Å². The summed E-state index contributed by atoms with van der Waals surface area (Å²) in [6.45, 7) is 9.41. The molecule has 2 aliphatic carbocycles. The van der Waals surface area contributed by atoms with Crippen LogP contribution in [0.2, 0.25) is 0 Å². The van der Waals surface area contributed by atoms with Gasteiger partial charge in [-0.3, -0.25) is 4.98 Å². The van der Waals surface area contributed by atoms with Crippen molar-refractivity contribution in [3.63, 3.8) is 0 Å². The van der Waals surface area contributed by atoms with Crippen molar-refractivity contribution in [2.45, 2.75) is 38.5 Å². The van der Waals surface area contributed by atoms with Crippen LogP contribution < -0.4 is 4.90 Å². The Hall–Kier alpha value is -5.99. The van der Waals surface area contributed by atoms with Crippen LogP contribution in [0.1, 0.15) is 50.1 Å². The van der Waals surface area contributed by atoms with Gasteiger partial charge in [0.15, 0.2) is 0 Å². The van der Waals surface area contributed by atoms with E-state index in [1.165, 1.54) is 66.1 Å². The summed E-state index contributed by atoms with van der Waals surface area (Å²) in [7, 11) is 0. The first-order valence-corrected chi connectivity index (χ1v) is 18.0. The van der Waals surface area contributed by atoms with Gasteiger partial charge >= 0.3 is 0 Å². The molecule has 0 fully saturated rings. The van der Waals surface area contributed by atoms with Crippen molar-refractivity contribution < 1.29 is 0 Å². The molecule has 0 bridgehead atoms. The molecule has 10 rings (SSSR count). The number of rotatable bonds is 4. The maximum Gasteiger partial charge on any atom is 0.0750 e. The van der Waals surface area contributed by atoms with E-state index in [0.717, 1.165) is 28.5 Å². The van der Waals surface area contributed by atoms with Crippen LogP contribution >= 0.6 is 0 Å². The third-order valence-electron chi connectivity index (χ3n) is 11.5. The highest BCUT2D eigenvalue weighted by Crippen LogP contribution is 2.55. The predicted molar refractivity (Wildman–Crippen MR) is 214 cm³/mol. The first kappa shape index (κ1) is 29.9. The zero-order valence-corrected chi connectivity index (χ0v) is 29.4. The van der Waals surface area contributed by atoms with E-state index in [-0.39, 0.29) is 10.8 Å². The van der Waals surface area contributed by atoms with Crippen LogP contribution in [-0.2, 0) is 10.8 Å². The Morgan fingerprint density at radius 1 is 0.392 bits per heavy atom. The summed E-state index contributed by atoms with van der Waals surface area (Å²) in [6.07, 6.45) is 0. The van der Waals surface area contributed by atoms with Gasteiger partial charge in [0.25, 0.3) is 0 Å². The number of nitrogens with zero attached hydrogens (tertiary/aromatic N) is 2. The minimum Gasteiger partial charge on any atom is -0.310 e. The summed E-state index contributed by atoms with van der Waals surface area (Å²) < 4.78 is 0. The maximum absolute atomic E-state index is 5.59. The smallest absolute Gasteiger partial charge is 0.0750 e. The molecule has 0 aliphatic heterocycles. The number of benzene rings is 7. The molecular formula is C49H38N2. The first-order valence-electron chi connectivity index (χ1n) is 18.0. The summed E-state index contributed by atoms with van der Waals surface area (Å²) in [6, 6.07) is 57.9. The van der Waals surface area contributed by atoms with Gasteiger partial charge in [-0.1, -0.05) is 131 Å². The fraction of sp³-hybridized carbons (Fsp3) is 0.122. The highest BCUT2D eigenvalue weighted by atomic mass is 15.1. The molecule has 2 aliphatic rings.